The molecule has 0 unspecified atom stereocenters. The van der Waals surface area contributed by atoms with E-state index < -0.39 is 0 Å². The number of amides is 1. The number of ether oxygens (including phenoxy) is 1. The van der Waals surface area contributed by atoms with E-state index in [-0.39, 0.29) is 5.91 Å². The van der Waals surface area contributed by atoms with Crippen molar-refractivity contribution in [3.63, 3.8) is 0 Å². The van der Waals surface area contributed by atoms with Crippen LogP contribution in [0.5, 0.6) is 5.75 Å². The lowest BCUT2D eigenvalue weighted by atomic mass is 10.1. The van der Waals surface area contributed by atoms with Crippen LogP contribution in [0.25, 0.3) is 0 Å². The van der Waals surface area contributed by atoms with E-state index >= 15 is 0 Å². The Bertz CT molecular complexity index is 414. The summed E-state index contributed by atoms with van der Waals surface area (Å²) in [5.74, 6) is 0.887. The van der Waals surface area contributed by atoms with E-state index in [1.807, 2.05) is 24.3 Å². The third-order valence-electron chi connectivity index (χ3n) is 3.48. The highest BCUT2D eigenvalue weighted by molar-refractivity contribution is 5.78. The molecule has 5 nitrogen and oxygen atoms in total. The fourth-order valence-corrected chi connectivity index (χ4v) is 2.28. The zero-order valence-electron chi connectivity index (χ0n) is 12.0. The molecular weight excluding hydrogens is 254 g/mol. The van der Waals surface area contributed by atoms with E-state index in [1.165, 1.54) is 0 Å². The average molecular weight is 277 g/mol. The van der Waals surface area contributed by atoms with Crippen molar-refractivity contribution < 1.29 is 9.53 Å². The minimum Gasteiger partial charge on any atom is -0.497 e. The third-order valence-corrected chi connectivity index (χ3v) is 3.48. The minimum atomic E-state index is 0.0744. The van der Waals surface area contributed by atoms with E-state index in [2.05, 4.69) is 15.5 Å². The van der Waals surface area contributed by atoms with Crippen molar-refractivity contribution in [1.29, 1.82) is 0 Å². The molecule has 20 heavy (non-hydrogen) atoms. The summed E-state index contributed by atoms with van der Waals surface area (Å²) in [6.07, 6.45) is 0.422. The number of rotatable bonds is 6. The van der Waals surface area contributed by atoms with Gasteiger partial charge in [-0.05, 0) is 17.7 Å². The SMILES string of the molecule is COc1ccc(CC(=O)NCCN2CCNCC2)cc1. The molecule has 0 spiro atoms. The summed E-state index contributed by atoms with van der Waals surface area (Å²) in [6, 6.07) is 7.61. The second kappa shape index (κ2) is 7.87. The number of piperazine rings is 1. The molecule has 5 heteroatoms. The zero-order valence-corrected chi connectivity index (χ0v) is 12.0. The molecular formula is C15H23N3O2. The van der Waals surface area contributed by atoms with Crippen LogP contribution in [0.4, 0.5) is 0 Å². The molecule has 2 N–H and O–H groups in total. The number of carbonyl (C=O) groups is 1. The molecule has 0 aliphatic carbocycles. The summed E-state index contributed by atoms with van der Waals surface area (Å²) in [7, 11) is 1.64. The second-order valence-electron chi connectivity index (χ2n) is 4.97. The van der Waals surface area contributed by atoms with Gasteiger partial charge in [0.2, 0.25) is 5.91 Å². The van der Waals surface area contributed by atoms with Gasteiger partial charge in [0.15, 0.2) is 0 Å². The van der Waals surface area contributed by atoms with E-state index in [1.54, 1.807) is 7.11 Å². The number of carbonyl (C=O) groups excluding carboxylic acids is 1. The number of methoxy groups -OCH3 is 1. The molecule has 1 aliphatic heterocycles. The molecule has 110 valence electrons. The van der Waals surface area contributed by atoms with Crippen molar-refractivity contribution in [3.05, 3.63) is 29.8 Å². The Morgan fingerprint density at radius 1 is 1.30 bits per heavy atom. The fourth-order valence-electron chi connectivity index (χ4n) is 2.28. The number of benzene rings is 1. The van der Waals surface area contributed by atoms with Crippen molar-refractivity contribution in [2.45, 2.75) is 6.42 Å². The molecule has 1 amide bonds. The lowest BCUT2D eigenvalue weighted by Crippen LogP contribution is -2.46. The van der Waals surface area contributed by atoms with Crippen molar-refractivity contribution in [1.82, 2.24) is 15.5 Å². The number of hydrogen-bond donors (Lipinski definition) is 2. The number of nitrogens with zero attached hydrogens (tertiary/aromatic N) is 1. The van der Waals surface area contributed by atoms with Crippen LogP contribution < -0.4 is 15.4 Å². The first-order chi connectivity index (χ1) is 9.78. The van der Waals surface area contributed by atoms with E-state index in [4.69, 9.17) is 4.74 Å². The van der Waals surface area contributed by atoms with Crippen LogP contribution in [0.3, 0.4) is 0 Å². The second-order valence-corrected chi connectivity index (χ2v) is 4.97. The summed E-state index contributed by atoms with van der Waals surface area (Å²) < 4.78 is 5.10. The summed E-state index contributed by atoms with van der Waals surface area (Å²) >= 11 is 0. The van der Waals surface area contributed by atoms with Crippen molar-refractivity contribution in [2.24, 2.45) is 0 Å². The van der Waals surface area contributed by atoms with Crippen LogP contribution in [0.15, 0.2) is 24.3 Å². The largest absolute Gasteiger partial charge is 0.497 e. The molecule has 1 aliphatic rings. The highest BCUT2D eigenvalue weighted by Gasteiger charge is 2.09. The Labute approximate surface area is 120 Å². The minimum absolute atomic E-state index is 0.0744. The van der Waals surface area contributed by atoms with Gasteiger partial charge in [-0.25, -0.2) is 0 Å². The summed E-state index contributed by atoms with van der Waals surface area (Å²) in [4.78, 5) is 14.2. The quantitative estimate of drug-likeness (QED) is 0.783. The predicted octanol–water partition coefficient (Wildman–Crippen LogP) is 0.259. The van der Waals surface area contributed by atoms with Crippen LogP contribution in [0, 0.1) is 0 Å². The standard InChI is InChI=1S/C15H23N3O2/c1-20-14-4-2-13(3-5-14)12-15(19)17-8-11-18-9-6-16-7-10-18/h2-5,16H,6-12H2,1H3,(H,17,19). The molecule has 1 saturated heterocycles. The Kier molecular flexibility index (Phi) is 5.83. The van der Waals surface area contributed by atoms with Gasteiger partial charge in [-0.1, -0.05) is 12.1 Å². The molecule has 0 radical (unpaired) electrons. The normalized spacial score (nSPS) is 15.8. The summed E-state index contributed by atoms with van der Waals surface area (Å²) in [6.45, 7) is 5.85. The first-order valence-electron chi connectivity index (χ1n) is 7.10. The maximum absolute atomic E-state index is 11.8. The van der Waals surface area contributed by atoms with Crippen molar-refractivity contribution in [3.8, 4) is 5.75 Å². The molecule has 1 aromatic carbocycles. The van der Waals surface area contributed by atoms with Crippen LogP contribution in [-0.2, 0) is 11.2 Å². The van der Waals surface area contributed by atoms with E-state index in [0.29, 0.717) is 6.42 Å². The van der Waals surface area contributed by atoms with Gasteiger partial charge in [0.25, 0.3) is 0 Å². The van der Waals surface area contributed by atoms with Crippen LogP contribution in [-0.4, -0.2) is 57.2 Å². The summed E-state index contributed by atoms with van der Waals surface area (Å²) in [5, 5.41) is 6.29. The van der Waals surface area contributed by atoms with Gasteiger partial charge in [-0.15, -0.1) is 0 Å². The van der Waals surface area contributed by atoms with Crippen LogP contribution in [0.1, 0.15) is 5.56 Å². The molecule has 0 bridgehead atoms. The Balaban J connectivity index is 1.66. The van der Waals surface area contributed by atoms with Gasteiger partial charge in [-0.2, -0.15) is 0 Å². The third kappa shape index (κ3) is 4.83. The average Bonchev–Trinajstić information content (AvgIpc) is 2.49. The Morgan fingerprint density at radius 3 is 2.65 bits per heavy atom. The van der Waals surface area contributed by atoms with Crippen molar-refractivity contribution in [2.75, 3.05) is 46.4 Å². The zero-order chi connectivity index (χ0) is 14.2. The highest BCUT2D eigenvalue weighted by Crippen LogP contribution is 2.11. The van der Waals surface area contributed by atoms with Gasteiger partial charge in [0, 0.05) is 39.3 Å². The van der Waals surface area contributed by atoms with Crippen molar-refractivity contribution >= 4 is 5.91 Å². The highest BCUT2D eigenvalue weighted by atomic mass is 16.5. The van der Waals surface area contributed by atoms with Crippen LogP contribution >= 0.6 is 0 Å². The topological polar surface area (TPSA) is 53.6 Å². The van der Waals surface area contributed by atoms with Gasteiger partial charge in [0.1, 0.15) is 5.75 Å². The first kappa shape index (κ1) is 14.8. The maximum atomic E-state index is 11.8. The monoisotopic (exact) mass is 277 g/mol. The number of nitrogens with one attached hydrogen (secondary N) is 2. The lowest BCUT2D eigenvalue weighted by Gasteiger charge is -2.27. The predicted molar refractivity (Wildman–Crippen MR) is 79.0 cm³/mol. The Hall–Kier alpha value is -1.59. The molecule has 1 aromatic rings. The van der Waals surface area contributed by atoms with Gasteiger partial charge in [-0.3, -0.25) is 9.69 Å². The summed E-state index contributed by atoms with van der Waals surface area (Å²) in [5.41, 5.74) is 1.01. The fraction of sp³-hybridized carbons (Fsp3) is 0.533. The van der Waals surface area contributed by atoms with Gasteiger partial charge >= 0.3 is 0 Å². The molecule has 1 fully saturated rings. The number of hydrogen-bond acceptors (Lipinski definition) is 4. The first-order valence-corrected chi connectivity index (χ1v) is 7.10. The molecule has 2 rings (SSSR count). The smallest absolute Gasteiger partial charge is 0.224 e. The van der Waals surface area contributed by atoms with E-state index in [9.17, 15) is 4.79 Å². The molecule has 0 saturated carbocycles. The lowest BCUT2D eigenvalue weighted by molar-refractivity contribution is -0.120. The maximum Gasteiger partial charge on any atom is 0.224 e. The molecule has 1 heterocycles. The van der Waals surface area contributed by atoms with Gasteiger partial charge < -0.3 is 15.4 Å². The Morgan fingerprint density at radius 2 is 2.00 bits per heavy atom. The van der Waals surface area contributed by atoms with Crippen LogP contribution in [0.2, 0.25) is 0 Å². The molecule has 0 atom stereocenters. The van der Waals surface area contributed by atoms with E-state index in [0.717, 1.165) is 50.6 Å². The molecule has 0 aromatic heterocycles. The van der Waals surface area contributed by atoms with Gasteiger partial charge in [0.05, 0.1) is 13.5 Å².